The Labute approximate surface area is 150 Å². The van der Waals surface area contributed by atoms with E-state index in [0.717, 1.165) is 52.1 Å². The molecule has 0 radical (unpaired) electrons. The Morgan fingerprint density at radius 2 is 1.24 bits per heavy atom. The van der Waals surface area contributed by atoms with Crippen LogP contribution in [-0.2, 0) is 25.9 Å². The number of aryl methyl sites for hydroxylation is 1. The van der Waals surface area contributed by atoms with Crippen LogP contribution in [0.5, 0.6) is 0 Å². The van der Waals surface area contributed by atoms with Crippen LogP contribution in [0.3, 0.4) is 0 Å². The van der Waals surface area contributed by atoms with Crippen LogP contribution in [0, 0.1) is 0 Å². The molecule has 0 spiro atoms. The van der Waals surface area contributed by atoms with Crippen molar-refractivity contribution in [3.63, 3.8) is 0 Å². The molecule has 2 heterocycles. The van der Waals surface area contributed by atoms with Crippen LogP contribution in [-0.4, -0.2) is 47.2 Å². The molecular weight excluding hydrogens is 308 g/mol. The monoisotopic (exact) mass is 336 g/mol. The molecule has 1 unspecified atom stereocenters. The lowest BCUT2D eigenvalue weighted by molar-refractivity contribution is 0.0671. The minimum atomic E-state index is -0.282. The summed E-state index contributed by atoms with van der Waals surface area (Å²) >= 11 is 0. The lowest BCUT2D eigenvalue weighted by atomic mass is 10.00. The molecule has 0 aromatic heterocycles. The largest absolute Gasteiger partial charge is 0.390 e. The quantitative estimate of drug-likeness (QED) is 0.930. The second kappa shape index (κ2) is 7.69. The summed E-state index contributed by atoms with van der Waals surface area (Å²) in [5, 5.41) is 10.7. The molecule has 0 aliphatic carbocycles. The molecule has 0 saturated carbocycles. The maximum Gasteiger partial charge on any atom is 0.0794 e. The van der Waals surface area contributed by atoms with Crippen molar-refractivity contribution in [1.82, 2.24) is 9.80 Å². The molecule has 2 aromatic rings. The highest BCUT2D eigenvalue weighted by atomic mass is 16.3. The third-order valence-electron chi connectivity index (χ3n) is 5.58. The third kappa shape index (κ3) is 4.12. The number of benzene rings is 2. The van der Waals surface area contributed by atoms with Crippen molar-refractivity contribution in [2.75, 3.05) is 26.2 Å². The Morgan fingerprint density at radius 1 is 0.720 bits per heavy atom. The fourth-order valence-corrected chi connectivity index (χ4v) is 4.29. The average Bonchev–Trinajstić information content (AvgIpc) is 2.83. The summed E-state index contributed by atoms with van der Waals surface area (Å²) in [5.41, 5.74) is 5.80. The molecule has 3 heteroatoms. The summed E-state index contributed by atoms with van der Waals surface area (Å²) in [4.78, 5) is 4.83. The number of aliphatic hydroxyl groups excluding tert-OH is 1. The van der Waals surface area contributed by atoms with E-state index in [1.807, 2.05) is 0 Å². The van der Waals surface area contributed by atoms with E-state index in [1.54, 1.807) is 0 Å². The normalized spacial score (nSPS) is 19.7. The van der Waals surface area contributed by atoms with Crippen LogP contribution < -0.4 is 0 Å². The molecule has 25 heavy (non-hydrogen) atoms. The zero-order chi connectivity index (χ0) is 17.1. The van der Waals surface area contributed by atoms with Gasteiger partial charge in [-0.25, -0.2) is 0 Å². The molecule has 2 aliphatic rings. The van der Waals surface area contributed by atoms with Crippen LogP contribution in [0.2, 0.25) is 0 Å². The van der Waals surface area contributed by atoms with Gasteiger partial charge in [-0.1, -0.05) is 48.5 Å². The maximum atomic E-state index is 10.7. The lowest BCUT2D eigenvalue weighted by Crippen LogP contribution is -2.42. The number of nitrogens with zero attached hydrogens (tertiary/aromatic N) is 2. The molecule has 0 amide bonds. The van der Waals surface area contributed by atoms with Crippen LogP contribution in [0.4, 0.5) is 0 Å². The van der Waals surface area contributed by atoms with Gasteiger partial charge < -0.3 is 5.11 Å². The Bertz CT molecular complexity index is 715. The smallest absolute Gasteiger partial charge is 0.0794 e. The standard InChI is InChI=1S/C22H28N2O/c25-22(17-24-13-11-19-7-2-4-9-21(19)15-24)16-23-12-5-10-18-6-1-3-8-20(18)14-23/h1-4,6-9,22,25H,5,10-17H2. The zero-order valence-corrected chi connectivity index (χ0v) is 14.9. The van der Waals surface area contributed by atoms with Crippen LogP contribution in [0.1, 0.15) is 28.7 Å². The minimum Gasteiger partial charge on any atom is -0.390 e. The number of hydrogen-bond donors (Lipinski definition) is 1. The molecule has 2 aliphatic heterocycles. The third-order valence-corrected chi connectivity index (χ3v) is 5.58. The van der Waals surface area contributed by atoms with Crippen molar-refractivity contribution >= 4 is 0 Å². The zero-order valence-electron chi connectivity index (χ0n) is 14.9. The topological polar surface area (TPSA) is 26.7 Å². The van der Waals surface area contributed by atoms with E-state index in [0.29, 0.717) is 0 Å². The predicted octanol–water partition coefficient (Wildman–Crippen LogP) is 2.85. The molecule has 132 valence electrons. The summed E-state index contributed by atoms with van der Waals surface area (Å²) < 4.78 is 0. The van der Waals surface area contributed by atoms with Gasteiger partial charge in [0.25, 0.3) is 0 Å². The van der Waals surface area contributed by atoms with Gasteiger partial charge in [0.1, 0.15) is 0 Å². The molecule has 1 atom stereocenters. The lowest BCUT2D eigenvalue weighted by Gasteiger charge is -2.32. The molecular formula is C22H28N2O. The van der Waals surface area contributed by atoms with Gasteiger partial charge in [0, 0.05) is 32.7 Å². The molecule has 0 saturated heterocycles. The van der Waals surface area contributed by atoms with Crippen LogP contribution in [0.25, 0.3) is 0 Å². The maximum absolute atomic E-state index is 10.7. The van der Waals surface area contributed by atoms with Crippen molar-refractivity contribution in [3.8, 4) is 0 Å². The molecule has 2 aromatic carbocycles. The van der Waals surface area contributed by atoms with E-state index in [4.69, 9.17) is 0 Å². The van der Waals surface area contributed by atoms with Gasteiger partial charge >= 0.3 is 0 Å². The fourth-order valence-electron chi connectivity index (χ4n) is 4.29. The first kappa shape index (κ1) is 16.8. The number of rotatable bonds is 4. The van der Waals surface area contributed by atoms with Gasteiger partial charge in [-0.05, 0) is 48.1 Å². The number of aliphatic hydroxyl groups is 1. The molecule has 0 fully saturated rings. The summed E-state index contributed by atoms with van der Waals surface area (Å²) in [6.45, 7) is 5.61. The second-order valence-corrected chi connectivity index (χ2v) is 7.52. The first-order valence-corrected chi connectivity index (χ1v) is 9.54. The SMILES string of the molecule is OC(CN1CCCc2ccccc2C1)CN1CCc2ccccc2C1. The average molecular weight is 336 g/mol. The van der Waals surface area contributed by atoms with Gasteiger partial charge in [0.05, 0.1) is 6.10 Å². The molecule has 3 nitrogen and oxygen atoms in total. The van der Waals surface area contributed by atoms with Gasteiger partial charge in [0.15, 0.2) is 0 Å². The van der Waals surface area contributed by atoms with E-state index in [9.17, 15) is 5.11 Å². The molecule has 4 rings (SSSR count). The number of hydrogen-bond acceptors (Lipinski definition) is 3. The minimum absolute atomic E-state index is 0.282. The predicted molar refractivity (Wildman–Crippen MR) is 101 cm³/mol. The van der Waals surface area contributed by atoms with Gasteiger partial charge in [0.2, 0.25) is 0 Å². The van der Waals surface area contributed by atoms with E-state index in [1.165, 1.54) is 28.7 Å². The van der Waals surface area contributed by atoms with Crippen molar-refractivity contribution in [1.29, 1.82) is 0 Å². The summed E-state index contributed by atoms with van der Waals surface area (Å²) in [5.74, 6) is 0. The van der Waals surface area contributed by atoms with Crippen molar-refractivity contribution < 1.29 is 5.11 Å². The van der Waals surface area contributed by atoms with Gasteiger partial charge in [-0.2, -0.15) is 0 Å². The summed E-state index contributed by atoms with van der Waals surface area (Å²) in [6.07, 6.45) is 3.16. The second-order valence-electron chi connectivity index (χ2n) is 7.52. The van der Waals surface area contributed by atoms with Gasteiger partial charge in [-0.15, -0.1) is 0 Å². The van der Waals surface area contributed by atoms with Crippen molar-refractivity contribution in [2.24, 2.45) is 0 Å². The van der Waals surface area contributed by atoms with E-state index in [2.05, 4.69) is 58.3 Å². The summed E-state index contributed by atoms with van der Waals surface area (Å²) in [7, 11) is 0. The molecule has 1 N–H and O–H groups in total. The van der Waals surface area contributed by atoms with E-state index in [-0.39, 0.29) is 6.10 Å². The van der Waals surface area contributed by atoms with E-state index < -0.39 is 0 Å². The highest BCUT2D eigenvalue weighted by molar-refractivity contribution is 5.29. The summed E-state index contributed by atoms with van der Waals surface area (Å²) in [6, 6.07) is 17.5. The Balaban J connectivity index is 1.33. The Morgan fingerprint density at radius 3 is 1.88 bits per heavy atom. The Kier molecular flexibility index (Phi) is 5.16. The first-order chi connectivity index (χ1) is 12.3. The van der Waals surface area contributed by atoms with Crippen LogP contribution >= 0.6 is 0 Å². The first-order valence-electron chi connectivity index (χ1n) is 9.54. The van der Waals surface area contributed by atoms with Gasteiger partial charge in [-0.3, -0.25) is 9.80 Å². The molecule has 0 bridgehead atoms. The van der Waals surface area contributed by atoms with Crippen molar-refractivity contribution in [3.05, 3.63) is 70.8 Å². The number of fused-ring (bicyclic) bond motifs is 2. The van der Waals surface area contributed by atoms with Crippen molar-refractivity contribution in [2.45, 2.75) is 38.5 Å². The van der Waals surface area contributed by atoms with Crippen LogP contribution in [0.15, 0.2) is 48.5 Å². The number of β-amino-alcohol motifs (C(OH)–C–C–N with tert-alkyl or cyclic N) is 1. The highest BCUT2D eigenvalue weighted by Gasteiger charge is 2.21. The highest BCUT2D eigenvalue weighted by Crippen LogP contribution is 2.20. The Hall–Kier alpha value is -1.68. The van der Waals surface area contributed by atoms with E-state index >= 15 is 0 Å². The fraction of sp³-hybridized carbons (Fsp3) is 0.455.